The minimum Gasteiger partial charge on any atom is -0.497 e. The minimum atomic E-state index is -0.221. The van der Waals surface area contributed by atoms with Crippen LogP contribution in [-0.2, 0) is 4.79 Å². The average molecular weight is 481 g/mol. The quantitative estimate of drug-likeness (QED) is 0.278. The number of thiophene rings is 1. The Morgan fingerprint density at radius 2 is 2.00 bits per heavy atom. The normalized spacial score (nSPS) is 11.2. The molecule has 0 aliphatic carbocycles. The van der Waals surface area contributed by atoms with Gasteiger partial charge in [-0.15, -0.1) is 11.3 Å². The van der Waals surface area contributed by atoms with Crippen LogP contribution in [-0.4, -0.2) is 33.3 Å². The van der Waals surface area contributed by atoms with E-state index in [9.17, 15) is 9.59 Å². The predicted molar refractivity (Wildman–Crippen MR) is 131 cm³/mol. The van der Waals surface area contributed by atoms with Crippen molar-refractivity contribution in [1.82, 2.24) is 14.5 Å². The van der Waals surface area contributed by atoms with Crippen LogP contribution in [0.2, 0.25) is 0 Å². The summed E-state index contributed by atoms with van der Waals surface area (Å²) in [5.74, 6) is 0.611. The van der Waals surface area contributed by atoms with E-state index < -0.39 is 0 Å². The summed E-state index contributed by atoms with van der Waals surface area (Å²) < 4.78 is 7.71. The summed E-state index contributed by atoms with van der Waals surface area (Å²) in [7, 11) is 1.61. The van der Waals surface area contributed by atoms with Crippen LogP contribution in [0.15, 0.2) is 69.9 Å². The maximum absolute atomic E-state index is 13.1. The molecule has 5 rings (SSSR count). The van der Waals surface area contributed by atoms with Crippen molar-refractivity contribution in [2.45, 2.75) is 5.16 Å². The zero-order valence-corrected chi connectivity index (χ0v) is 19.2. The van der Waals surface area contributed by atoms with Crippen LogP contribution in [0, 0.1) is 0 Å². The van der Waals surface area contributed by atoms with Gasteiger partial charge in [-0.2, -0.15) is 0 Å². The molecule has 5 aromatic rings. The first-order valence-corrected chi connectivity index (χ1v) is 12.2. The van der Waals surface area contributed by atoms with Crippen molar-refractivity contribution in [3.63, 3.8) is 0 Å². The molecule has 0 atom stereocenters. The van der Waals surface area contributed by atoms with Crippen LogP contribution in [0.5, 0.6) is 5.75 Å². The van der Waals surface area contributed by atoms with Gasteiger partial charge in [0.25, 0.3) is 5.56 Å². The van der Waals surface area contributed by atoms with Crippen molar-refractivity contribution in [2.24, 2.45) is 0 Å². The molecule has 1 amide bonds. The van der Waals surface area contributed by atoms with Gasteiger partial charge in [0, 0.05) is 0 Å². The summed E-state index contributed by atoms with van der Waals surface area (Å²) in [6, 6.07) is 16.7. The Kier molecular flexibility index (Phi) is 5.64. The second-order valence-corrected chi connectivity index (χ2v) is 9.57. The summed E-state index contributed by atoms with van der Waals surface area (Å²) in [5, 5.41) is 6.24. The summed E-state index contributed by atoms with van der Waals surface area (Å²) >= 11 is 4.00. The highest BCUT2D eigenvalue weighted by Crippen LogP contribution is 2.29. The summed E-state index contributed by atoms with van der Waals surface area (Å²) in [6.45, 7) is 0. The molecule has 0 aliphatic heterocycles. The van der Waals surface area contributed by atoms with E-state index in [1.807, 2.05) is 53.9 Å². The summed E-state index contributed by atoms with van der Waals surface area (Å²) in [5.41, 5.74) is 1.35. The van der Waals surface area contributed by atoms with E-state index in [0.29, 0.717) is 26.2 Å². The third kappa shape index (κ3) is 3.99. The number of hydrogen-bond acceptors (Lipinski definition) is 8. The zero-order chi connectivity index (χ0) is 22.1. The van der Waals surface area contributed by atoms with Crippen LogP contribution in [0.3, 0.4) is 0 Å². The van der Waals surface area contributed by atoms with Crippen LogP contribution in [0.25, 0.3) is 26.1 Å². The van der Waals surface area contributed by atoms with Gasteiger partial charge in [-0.25, -0.2) is 9.97 Å². The Labute approximate surface area is 194 Å². The lowest BCUT2D eigenvalue weighted by atomic mass is 10.3. The molecule has 0 unspecified atom stereocenters. The standard InChI is InChI=1S/C22H16N4O3S3/c1-29-14-7-8-16-17(11-14)32-21(23-16)24-18(27)12-31-22-25-19-15(9-10-30-19)20(28)26(22)13-5-3-2-4-6-13/h2-11H,12H2,1H3,(H,23,24,27). The number of thioether (sulfide) groups is 1. The maximum Gasteiger partial charge on any atom is 0.267 e. The van der Waals surface area contributed by atoms with E-state index in [4.69, 9.17) is 4.74 Å². The van der Waals surface area contributed by atoms with E-state index in [1.54, 1.807) is 17.7 Å². The first-order chi connectivity index (χ1) is 15.6. The van der Waals surface area contributed by atoms with E-state index in [-0.39, 0.29) is 17.2 Å². The zero-order valence-electron chi connectivity index (χ0n) is 16.8. The molecule has 3 heterocycles. The molecule has 0 radical (unpaired) electrons. The van der Waals surface area contributed by atoms with Gasteiger partial charge in [0.05, 0.1) is 34.2 Å². The number of rotatable bonds is 6. The number of amides is 1. The van der Waals surface area contributed by atoms with Gasteiger partial charge in [-0.3, -0.25) is 14.2 Å². The smallest absolute Gasteiger partial charge is 0.267 e. The predicted octanol–water partition coefficient (Wildman–Crippen LogP) is 4.80. The average Bonchev–Trinajstić information content (AvgIpc) is 3.44. The number of hydrogen-bond donors (Lipinski definition) is 1. The first kappa shape index (κ1) is 20.7. The largest absolute Gasteiger partial charge is 0.497 e. The molecule has 1 N–H and O–H groups in total. The summed E-state index contributed by atoms with van der Waals surface area (Å²) in [4.78, 5) is 35.5. The number of anilines is 1. The van der Waals surface area contributed by atoms with E-state index >= 15 is 0 Å². The Bertz CT molecular complexity index is 1490. The number of carbonyl (C=O) groups is 1. The highest BCUT2D eigenvalue weighted by atomic mass is 32.2. The van der Waals surface area contributed by atoms with Crippen molar-refractivity contribution in [2.75, 3.05) is 18.2 Å². The fourth-order valence-electron chi connectivity index (χ4n) is 3.17. The highest BCUT2D eigenvalue weighted by Gasteiger charge is 2.16. The maximum atomic E-state index is 13.1. The molecule has 0 saturated heterocycles. The van der Waals surface area contributed by atoms with Gasteiger partial charge in [0.1, 0.15) is 10.6 Å². The number of ether oxygens (including phenoxy) is 1. The number of nitrogens with zero attached hydrogens (tertiary/aromatic N) is 3. The molecular weight excluding hydrogens is 464 g/mol. The van der Waals surface area contributed by atoms with Gasteiger partial charge >= 0.3 is 0 Å². The lowest BCUT2D eigenvalue weighted by Gasteiger charge is -2.11. The Balaban J connectivity index is 1.39. The minimum absolute atomic E-state index is 0.0927. The van der Waals surface area contributed by atoms with E-state index in [0.717, 1.165) is 16.0 Å². The van der Waals surface area contributed by atoms with Gasteiger partial charge in [-0.1, -0.05) is 41.3 Å². The molecular formula is C22H16N4O3S3. The van der Waals surface area contributed by atoms with Crippen molar-refractivity contribution in [1.29, 1.82) is 0 Å². The number of methoxy groups -OCH3 is 1. The molecule has 2 aromatic carbocycles. The van der Waals surface area contributed by atoms with E-state index in [2.05, 4.69) is 15.3 Å². The van der Waals surface area contributed by atoms with E-state index in [1.165, 1.54) is 34.4 Å². The van der Waals surface area contributed by atoms with Crippen molar-refractivity contribution in [3.8, 4) is 11.4 Å². The van der Waals surface area contributed by atoms with Gasteiger partial charge in [0.15, 0.2) is 10.3 Å². The molecule has 0 saturated carbocycles. The van der Waals surface area contributed by atoms with Crippen molar-refractivity contribution < 1.29 is 9.53 Å². The van der Waals surface area contributed by atoms with Crippen LogP contribution < -0.4 is 15.6 Å². The number of thiazole rings is 1. The molecule has 0 aliphatic rings. The second-order valence-electron chi connectivity index (χ2n) is 6.70. The number of para-hydroxylation sites is 1. The van der Waals surface area contributed by atoms with Crippen molar-refractivity contribution in [3.05, 3.63) is 70.3 Å². The fourth-order valence-corrected chi connectivity index (χ4v) is 5.70. The fraction of sp³-hybridized carbons (Fsp3) is 0.0909. The SMILES string of the molecule is COc1ccc2nc(NC(=O)CSc3nc4sccc4c(=O)n3-c3ccccc3)sc2c1. The number of benzene rings is 2. The van der Waals surface area contributed by atoms with Gasteiger partial charge < -0.3 is 10.1 Å². The highest BCUT2D eigenvalue weighted by molar-refractivity contribution is 7.99. The van der Waals surface area contributed by atoms with Gasteiger partial charge in [0.2, 0.25) is 5.91 Å². The molecule has 0 spiro atoms. The molecule has 10 heteroatoms. The Hall–Kier alpha value is -3.21. The Morgan fingerprint density at radius 3 is 2.81 bits per heavy atom. The second kappa shape index (κ2) is 8.73. The third-order valence-corrected chi connectivity index (χ3v) is 7.33. The molecule has 0 bridgehead atoms. The summed E-state index contributed by atoms with van der Waals surface area (Å²) in [6.07, 6.45) is 0. The van der Waals surface area contributed by atoms with Gasteiger partial charge in [-0.05, 0) is 41.8 Å². The number of fused-ring (bicyclic) bond motifs is 2. The lowest BCUT2D eigenvalue weighted by Crippen LogP contribution is -2.22. The number of aromatic nitrogens is 3. The van der Waals surface area contributed by atoms with Crippen LogP contribution in [0.1, 0.15) is 0 Å². The number of nitrogens with one attached hydrogen (secondary N) is 1. The van der Waals surface area contributed by atoms with Crippen molar-refractivity contribution >= 4 is 65.9 Å². The first-order valence-electron chi connectivity index (χ1n) is 9.55. The Morgan fingerprint density at radius 1 is 1.16 bits per heavy atom. The topological polar surface area (TPSA) is 86.1 Å². The third-order valence-electron chi connectivity index (χ3n) is 4.66. The molecule has 7 nitrogen and oxygen atoms in total. The molecule has 3 aromatic heterocycles. The number of carbonyl (C=O) groups excluding carboxylic acids is 1. The monoisotopic (exact) mass is 480 g/mol. The van der Waals surface area contributed by atoms with Crippen LogP contribution in [0.4, 0.5) is 5.13 Å². The lowest BCUT2D eigenvalue weighted by molar-refractivity contribution is -0.113. The molecule has 0 fully saturated rings. The molecule has 160 valence electrons. The molecule has 32 heavy (non-hydrogen) atoms. The van der Waals surface area contributed by atoms with Crippen LogP contribution >= 0.6 is 34.4 Å².